The number of hydrogen-bond acceptors (Lipinski definition) is 4. The highest BCUT2D eigenvalue weighted by molar-refractivity contribution is 6.00. The van der Waals surface area contributed by atoms with Crippen molar-refractivity contribution in [1.29, 1.82) is 0 Å². The Kier molecular flexibility index (Phi) is 4.07. The summed E-state index contributed by atoms with van der Waals surface area (Å²) in [4.78, 5) is 16.7. The summed E-state index contributed by atoms with van der Waals surface area (Å²) in [7, 11) is 5.71. The second kappa shape index (κ2) is 6.31. The molecular weight excluding hydrogens is 346 g/mol. The molecule has 0 amide bonds. The topological polar surface area (TPSA) is 92.1 Å². The number of hydrogen-bond donors (Lipinski definition) is 2. The van der Waals surface area contributed by atoms with E-state index >= 15 is 0 Å². The lowest BCUT2D eigenvalue weighted by atomic mass is 9.98. The van der Waals surface area contributed by atoms with Gasteiger partial charge in [-0.05, 0) is 32.7 Å². The minimum Gasteiger partial charge on any atom is -0.501 e. The molecule has 8 heteroatoms. The van der Waals surface area contributed by atoms with Gasteiger partial charge in [-0.15, -0.1) is 0 Å². The van der Waals surface area contributed by atoms with Crippen molar-refractivity contribution in [3.63, 3.8) is 0 Å². The van der Waals surface area contributed by atoms with Crippen molar-refractivity contribution < 1.29 is 9.66 Å². The third-order valence-corrected chi connectivity index (χ3v) is 5.25. The van der Waals surface area contributed by atoms with E-state index in [0.717, 1.165) is 39.9 Å². The van der Waals surface area contributed by atoms with Crippen LogP contribution in [0.2, 0.25) is 0 Å². The first kappa shape index (κ1) is 17.4. The summed E-state index contributed by atoms with van der Waals surface area (Å²) in [5.74, 6) is 0.860. The van der Waals surface area contributed by atoms with Crippen LogP contribution in [0, 0.1) is 10.1 Å². The second-order valence-electron chi connectivity index (χ2n) is 7.00. The zero-order valence-electron chi connectivity index (χ0n) is 15.9. The summed E-state index contributed by atoms with van der Waals surface area (Å²) in [6, 6.07) is 3.40. The van der Waals surface area contributed by atoms with Crippen molar-refractivity contribution in [2.24, 2.45) is 0 Å². The van der Waals surface area contributed by atoms with E-state index in [9.17, 15) is 10.1 Å². The summed E-state index contributed by atoms with van der Waals surface area (Å²) >= 11 is 0. The van der Waals surface area contributed by atoms with Crippen molar-refractivity contribution in [2.45, 2.75) is 25.9 Å². The van der Waals surface area contributed by atoms with E-state index in [2.05, 4.69) is 26.6 Å². The molecule has 2 N–H and O–H groups in total. The second-order valence-corrected chi connectivity index (χ2v) is 7.00. The Morgan fingerprint density at radius 2 is 2.19 bits per heavy atom. The van der Waals surface area contributed by atoms with Crippen LogP contribution in [0.1, 0.15) is 31.5 Å². The van der Waals surface area contributed by atoms with Gasteiger partial charge in [-0.25, -0.2) is 0 Å². The molecule has 142 valence electrons. The Labute approximate surface area is 156 Å². The molecule has 27 heavy (non-hydrogen) atoms. The van der Waals surface area contributed by atoms with Crippen LogP contribution < -0.4 is 5.35 Å². The van der Waals surface area contributed by atoms with Crippen molar-refractivity contribution >= 4 is 28.9 Å². The van der Waals surface area contributed by atoms with Gasteiger partial charge >= 0.3 is 0 Å². The number of nitro benzene ring substituents is 1. The Hall–Kier alpha value is -3.00. The van der Waals surface area contributed by atoms with Gasteiger partial charge in [0.2, 0.25) is 0 Å². The average molecular weight is 369 g/mol. The smallest absolute Gasteiger partial charge is 0.293 e. The highest BCUT2D eigenvalue weighted by Gasteiger charge is 2.28. The number of ether oxygens (including phenoxy) is 1. The molecule has 0 aromatic heterocycles. The number of nitrogens with one attached hydrogen (secondary N) is 2. The van der Waals surface area contributed by atoms with Crippen molar-refractivity contribution in [2.75, 3.05) is 21.2 Å². The summed E-state index contributed by atoms with van der Waals surface area (Å²) in [6.45, 7) is 2.12. The molecule has 0 spiro atoms. The number of benzene rings is 1. The monoisotopic (exact) mass is 369 g/mol. The van der Waals surface area contributed by atoms with Gasteiger partial charge in [-0.1, -0.05) is 13.0 Å². The number of aromatic nitrogens is 3. The first-order valence-electron chi connectivity index (χ1n) is 8.96. The highest BCUT2D eigenvalue weighted by Crippen LogP contribution is 2.39. The first-order valence-corrected chi connectivity index (χ1v) is 8.96. The van der Waals surface area contributed by atoms with Crippen molar-refractivity contribution in [3.8, 4) is 11.3 Å². The van der Waals surface area contributed by atoms with Crippen LogP contribution >= 0.6 is 0 Å². The zero-order chi connectivity index (χ0) is 19.3. The molecule has 0 bridgehead atoms. The van der Waals surface area contributed by atoms with Gasteiger partial charge in [0.05, 0.1) is 28.8 Å². The van der Waals surface area contributed by atoms with Gasteiger partial charge in [0, 0.05) is 23.4 Å². The van der Waals surface area contributed by atoms with E-state index in [4.69, 9.17) is 4.74 Å². The fourth-order valence-corrected chi connectivity index (χ4v) is 3.97. The maximum Gasteiger partial charge on any atom is 0.293 e. The maximum atomic E-state index is 11.6. The number of rotatable bonds is 5. The number of allylic oxidation sites excluding steroid dienone is 1. The molecule has 0 fully saturated rings. The van der Waals surface area contributed by atoms with Crippen molar-refractivity contribution in [3.05, 3.63) is 38.9 Å². The Bertz CT molecular complexity index is 1100. The number of fused-ring (bicyclic) bond motifs is 2. The SMILES string of the molecule is CCC(N(C)C)n1[nH]c2c3c([nH]c4c([N+](=O)[O-])ccc1c4-2)=CCC(OC)=C3. The molecule has 4 rings (SSSR count). The fourth-order valence-electron chi connectivity index (χ4n) is 3.97. The van der Waals surface area contributed by atoms with E-state index in [1.165, 1.54) is 0 Å². The molecule has 1 aromatic carbocycles. The van der Waals surface area contributed by atoms with E-state index in [-0.39, 0.29) is 16.8 Å². The number of non-ortho nitro benzene ring substituents is 1. The zero-order valence-corrected chi connectivity index (χ0v) is 15.9. The Balaban J connectivity index is 2.14. The van der Waals surface area contributed by atoms with E-state index in [1.54, 1.807) is 13.2 Å². The van der Waals surface area contributed by atoms with Crippen LogP contribution in [0.4, 0.5) is 5.69 Å². The van der Waals surface area contributed by atoms with E-state index in [0.29, 0.717) is 11.9 Å². The molecule has 0 saturated heterocycles. The summed E-state index contributed by atoms with van der Waals surface area (Å²) in [6.07, 6.45) is 5.65. The third kappa shape index (κ3) is 2.56. The third-order valence-electron chi connectivity index (χ3n) is 5.25. The predicted octanol–water partition coefficient (Wildman–Crippen LogP) is 3.23. The van der Waals surface area contributed by atoms with Gasteiger partial charge < -0.3 is 9.72 Å². The summed E-state index contributed by atoms with van der Waals surface area (Å²) in [5, 5.41) is 16.0. The average Bonchev–Trinajstić information content (AvgIpc) is 3.02. The molecule has 0 saturated carbocycles. The standard InChI is InChI=1S/C19H23N5O3/c1-5-16(22(2)3)23-14-8-9-15(24(25)26)19-17(14)18(21-23)12-10-11(27-4)6-7-13(12)20-19/h7-10,16,20-21H,5-6H2,1-4H3. The Morgan fingerprint density at radius 1 is 1.41 bits per heavy atom. The minimum absolute atomic E-state index is 0.0780. The molecule has 2 heterocycles. The van der Waals surface area contributed by atoms with Crippen LogP contribution in [0.25, 0.3) is 34.4 Å². The van der Waals surface area contributed by atoms with Crippen LogP contribution in [0.15, 0.2) is 17.9 Å². The lowest BCUT2D eigenvalue weighted by Gasteiger charge is -2.24. The lowest BCUT2D eigenvalue weighted by Crippen LogP contribution is -2.25. The number of nitrogens with zero attached hydrogens (tertiary/aromatic N) is 3. The number of methoxy groups -OCH3 is 1. The normalized spacial score (nSPS) is 14.9. The molecule has 2 aliphatic heterocycles. The molecule has 1 aliphatic carbocycles. The van der Waals surface area contributed by atoms with E-state index in [1.807, 2.05) is 32.3 Å². The van der Waals surface area contributed by atoms with Crippen LogP contribution in [-0.2, 0) is 4.74 Å². The molecule has 3 aliphatic rings. The van der Waals surface area contributed by atoms with Crippen molar-refractivity contribution in [1.82, 2.24) is 19.7 Å². The Morgan fingerprint density at radius 3 is 2.81 bits per heavy atom. The van der Waals surface area contributed by atoms with E-state index < -0.39 is 0 Å². The molecule has 0 radical (unpaired) electrons. The van der Waals surface area contributed by atoms with Gasteiger partial charge in [-0.2, -0.15) is 0 Å². The van der Waals surface area contributed by atoms with Crippen LogP contribution in [0.3, 0.4) is 0 Å². The number of nitro groups is 1. The largest absolute Gasteiger partial charge is 0.501 e. The molecule has 1 unspecified atom stereocenters. The number of pyridine rings is 1. The lowest BCUT2D eigenvalue weighted by molar-refractivity contribution is -0.383. The van der Waals surface area contributed by atoms with Crippen LogP contribution in [-0.4, -0.2) is 45.8 Å². The van der Waals surface area contributed by atoms with Gasteiger partial charge in [0.15, 0.2) is 0 Å². The van der Waals surface area contributed by atoms with Gasteiger partial charge in [0.25, 0.3) is 5.69 Å². The minimum atomic E-state index is -0.336. The summed E-state index contributed by atoms with van der Waals surface area (Å²) < 4.78 is 7.52. The number of H-pyrrole nitrogens is 2. The molecule has 1 aromatic rings. The molecular formula is C19H23N5O3. The quantitative estimate of drug-likeness (QED) is 0.533. The number of aromatic amines is 2. The predicted molar refractivity (Wildman–Crippen MR) is 105 cm³/mol. The molecule has 8 nitrogen and oxygen atoms in total. The molecule has 1 atom stereocenters. The summed E-state index contributed by atoms with van der Waals surface area (Å²) in [5.41, 5.74) is 4.23. The van der Waals surface area contributed by atoms with Gasteiger partial charge in [-0.3, -0.25) is 24.8 Å². The fraction of sp³-hybridized carbons (Fsp3) is 0.368. The maximum absolute atomic E-state index is 11.6. The first-order chi connectivity index (χ1) is 13.0. The van der Waals surface area contributed by atoms with Gasteiger partial charge in [0.1, 0.15) is 17.4 Å². The highest BCUT2D eigenvalue weighted by atomic mass is 16.6. The van der Waals surface area contributed by atoms with Crippen LogP contribution in [0.5, 0.6) is 0 Å².